The molecule has 5 heteroatoms. The lowest BCUT2D eigenvalue weighted by Crippen LogP contribution is -2.03. The van der Waals surface area contributed by atoms with Crippen LogP contribution in [0.4, 0.5) is 8.78 Å². The normalized spacial score (nSPS) is 17.7. The maximum atomic E-state index is 13.9. The summed E-state index contributed by atoms with van der Waals surface area (Å²) in [5, 5.41) is 0. The topological polar surface area (TPSA) is 37.1 Å². The molecular weight excluding hydrogens is 308 g/mol. The SMILES string of the molecule is C=NC(=NC)c1ccc(C2CCC(c3c(F)cccc3F)=N2)cc1. The summed E-state index contributed by atoms with van der Waals surface area (Å²) >= 11 is 0. The molecule has 3 rings (SSSR count). The molecule has 1 atom stereocenters. The van der Waals surface area contributed by atoms with E-state index in [0.29, 0.717) is 18.0 Å². The zero-order valence-corrected chi connectivity index (χ0v) is 13.3. The van der Waals surface area contributed by atoms with Crippen molar-refractivity contribution >= 4 is 18.3 Å². The summed E-state index contributed by atoms with van der Waals surface area (Å²) in [5.41, 5.74) is 2.36. The van der Waals surface area contributed by atoms with Gasteiger partial charge in [0.05, 0.1) is 11.6 Å². The van der Waals surface area contributed by atoms with Gasteiger partial charge in [-0.25, -0.2) is 13.8 Å². The standard InChI is InChI=1S/C19H17F2N3/c1-22-19(23-2)13-8-6-12(7-9-13)16-10-11-17(24-16)18-14(20)4-3-5-15(18)21/h3-9,16H,1,10-11H2,2H3. The van der Waals surface area contributed by atoms with Crippen molar-refractivity contribution in [1.29, 1.82) is 0 Å². The van der Waals surface area contributed by atoms with Gasteiger partial charge in [-0.1, -0.05) is 30.3 Å². The fourth-order valence-electron chi connectivity index (χ4n) is 2.94. The zero-order chi connectivity index (χ0) is 17.1. The molecule has 0 saturated heterocycles. The molecule has 2 aromatic rings. The molecule has 0 N–H and O–H groups in total. The Labute approximate surface area is 139 Å². The average Bonchev–Trinajstić information content (AvgIpc) is 3.06. The van der Waals surface area contributed by atoms with Gasteiger partial charge in [-0.3, -0.25) is 9.98 Å². The van der Waals surface area contributed by atoms with Gasteiger partial charge >= 0.3 is 0 Å². The van der Waals surface area contributed by atoms with Crippen molar-refractivity contribution < 1.29 is 8.78 Å². The van der Waals surface area contributed by atoms with E-state index in [9.17, 15) is 8.78 Å². The molecule has 0 fully saturated rings. The summed E-state index contributed by atoms with van der Waals surface area (Å²) in [6.45, 7) is 3.49. The van der Waals surface area contributed by atoms with Crippen LogP contribution in [0.25, 0.3) is 0 Å². The minimum absolute atomic E-state index is 0.00659. The van der Waals surface area contributed by atoms with Gasteiger partial charge in [-0.15, -0.1) is 0 Å². The lowest BCUT2D eigenvalue weighted by Gasteiger charge is -2.08. The first kappa shape index (κ1) is 16.2. The molecule has 0 bridgehead atoms. The van der Waals surface area contributed by atoms with Crippen molar-refractivity contribution in [1.82, 2.24) is 0 Å². The number of hydrogen-bond donors (Lipinski definition) is 0. The lowest BCUT2D eigenvalue weighted by atomic mass is 10.0. The summed E-state index contributed by atoms with van der Waals surface area (Å²) in [7, 11) is 1.66. The predicted octanol–water partition coefficient (Wildman–Crippen LogP) is 4.37. The Bertz CT molecular complexity index is 803. The van der Waals surface area contributed by atoms with Crippen LogP contribution in [0, 0.1) is 11.6 Å². The highest BCUT2D eigenvalue weighted by molar-refractivity contribution is 6.02. The average molecular weight is 325 g/mol. The molecule has 1 heterocycles. The third-order valence-corrected chi connectivity index (χ3v) is 4.13. The first-order chi connectivity index (χ1) is 11.6. The number of rotatable bonds is 3. The lowest BCUT2D eigenvalue weighted by molar-refractivity contribution is 0.578. The largest absolute Gasteiger partial charge is 0.281 e. The van der Waals surface area contributed by atoms with E-state index in [4.69, 9.17) is 0 Å². The molecule has 0 radical (unpaired) electrons. The second kappa shape index (κ2) is 6.83. The maximum Gasteiger partial charge on any atom is 0.153 e. The van der Waals surface area contributed by atoms with E-state index < -0.39 is 11.6 Å². The molecule has 0 aromatic heterocycles. The highest BCUT2D eigenvalue weighted by Crippen LogP contribution is 2.32. The van der Waals surface area contributed by atoms with Crippen LogP contribution >= 0.6 is 0 Å². The minimum Gasteiger partial charge on any atom is -0.281 e. The van der Waals surface area contributed by atoms with Crippen LogP contribution in [0.5, 0.6) is 0 Å². The summed E-state index contributed by atoms with van der Waals surface area (Å²) in [6, 6.07) is 11.5. The van der Waals surface area contributed by atoms with Gasteiger partial charge < -0.3 is 0 Å². The smallest absolute Gasteiger partial charge is 0.153 e. The van der Waals surface area contributed by atoms with E-state index in [1.165, 1.54) is 18.2 Å². The van der Waals surface area contributed by atoms with Gasteiger partial charge in [0.25, 0.3) is 0 Å². The van der Waals surface area contributed by atoms with E-state index in [1.54, 1.807) is 7.05 Å². The van der Waals surface area contributed by atoms with Crippen molar-refractivity contribution in [3.63, 3.8) is 0 Å². The molecule has 0 saturated carbocycles. The molecule has 122 valence electrons. The molecular formula is C19H17F2N3. The molecule has 3 nitrogen and oxygen atoms in total. The maximum absolute atomic E-state index is 13.9. The van der Waals surface area contributed by atoms with Gasteiger partial charge in [0, 0.05) is 18.3 Å². The fraction of sp³-hybridized carbons (Fsp3) is 0.211. The van der Waals surface area contributed by atoms with Crippen LogP contribution < -0.4 is 0 Å². The molecule has 2 aromatic carbocycles. The van der Waals surface area contributed by atoms with Crippen molar-refractivity contribution in [2.75, 3.05) is 7.05 Å². The minimum atomic E-state index is -0.564. The molecule has 0 amide bonds. The van der Waals surface area contributed by atoms with Gasteiger partial charge in [0.15, 0.2) is 5.84 Å². The number of hydrogen-bond acceptors (Lipinski definition) is 2. The quantitative estimate of drug-likeness (QED) is 0.594. The Balaban J connectivity index is 1.87. The summed E-state index contributed by atoms with van der Waals surface area (Å²) < 4.78 is 27.8. The second-order valence-electron chi connectivity index (χ2n) is 5.55. The molecule has 1 unspecified atom stereocenters. The van der Waals surface area contributed by atoms with Crippen LogP contribution in [0.3, 0.4) is 0 Å². The Kier molecular flexibility index (Phi) is 4.60. The van der Waals surface area contributed by atoms with Gasteiger partial charge in [0.2, 0.25) is 0 Å². The van der Waals surface area contributed by atoms with Crippen LogP contribution in [0.15, 0.2) is 57.4 Å². The van der Waals surface area contributed by atoms with E-state index in [-0.39, 0.29) is 11.6 Å². The van der Waals surface area contributed by atoms with Crippen LogP contribution in [-0.2, 0) is 0 Å². The second-order valence-corrected chi connectivity index (χ2v) is 5.55. The van der Waals surface area contributed by atoms with E-state index >= 15 is 0 Å². The Morgan fingerprint density at radius 1 is 1.12 bits per heavy atom. The van der Waals surface area contributed by atoms with E-state index in [0.717, 1.165) is 17.5 Å². The molecule has 0 spiro atoms. The third kappa shape index (κ3) is 3.02. The van der Waals surface area contributed by atoms with Crippen molar-refractivity contribution in [2.45, 2.75) is 18.9 Å². The third-order valence-electron chi connectivity index (χ3n) is 4.13. The fourth-order valence-corrected chi connectivity index (χ4v) is 2.94. The zero-order valence-electron chi connectivity index (χ0n) is 13.3. The Morgan fingerprint density at radius 2 is 1.79 bits per heavy atom. The van der Waals surface area contributed by atoms with Gasteiger partial charge in [-0.05, 0) is 37.3 Å². The van der Waals surface area contributed by atoms with Gasteiger partial charge in [0.1, 0.15) is 11.6 Å². The highest BCUT2D eigenvalue weighted by atomic mass is 19.1. The van der Waals surface area contributed by atoms with Crippen LogP contribution in [0.2, 0.25) is 0 Å². The number of benzene rings is 2. The summed E-state index contributed by atoms with van der Waals surface area (Å²) in [5.74, 6) is -0.554. The first-order valence-electron chi connectivity index (χ1n) is 7.69. The molecule has 24 heavy (non-hydrogen) atoms. The Morgan fingerprint density at radius 3 is 2.38 bits per heavy atom. The monoisotopic (exact) mass is 325 g/mol. The summed E-state index contributed by atoms with van der Waals surface area (Å²) in [4.78, 5) is 12.5. The number of amidine groups is 1. The molecule has 1 aliphatic rings. The first-order valence-corrected chi connectivity index (χ1v) is 7.69. The van der Waals surface area contributed by atoms with Crippen LogP contribution in [0.1, 0.15) is 35.6 Å². The number of halogens is 2. The molecule has 0 aliphatic carbocycles. The van der Waals surface area contributed by atoms with Crippen molar-refractivity contribution in [2.24, 2.45) is 15.0 Å². The Hall–Kier alpha value is -2.69. The van der Waals surface area contributed by atoms with Crippen molar-refractivity contribution in [3.8, 4) is 0 Å². The van der Waals surface area contributed by atoms with Gasteiger partial charge in [-0.2, -0.15) is 0 Å². The number of nitrogens with zero attached hydrogens (tertiary/aromatic N) is 3. The molecule has 1 aliphatic heterocycles. The van der Waals surface area contributed by atoms with E-state index in [1.807, 2.05) is 24.3 Å². The summed E-state index contributed by atoms with van der Waals surface area (Å²) in [6.07, 6.45) is 1.29. The highest BCUT2D eigenvalue weighted by Gasteiger charge is 2.24. The van der Waals surface area contributed by atoms with Crippen LogP contribution in [-0.4, -0.2) is 25.3 Å². The predicted molar refractivity (Wildman–Crippen MR) is 93.3 cm³/mol. The van der Waals surface area contributed by atoms with Crippen molar-refractivity contribution in [3.05, 3.63) is 70.8 Å². The number of aliphatic imine (C=N–C) groups is 3. The van der Waals surface area contributed by atoms with E-state index in [2.05, 4.69) is 21.7 Å².